The van der Waals surface area contributed by atoms with Crippen molar-refractivity contribution >= 4 is 44.8 Å². The van der Waals surface area contributed by atoms with E-state index in [9.17, 15) is 28.6 Å². The molecule has 0 radical (unpaired) electrons. The molecule has 0 bridgehead atoms. The average Bonchev–Trinajstić information content (AvgIpc) is 2.72. The van der Waals surface area contributed by atoms with Crippen LogP contribution in [0.1, 0.15) is 34.6 Å². The number of hydrogen-bond acceptors (Lipinski definition) is 8. The zero-order valence-electron chi connectivity index (χ0n) is 17.4. The van der Waals surface area contributed by atoms with Crippen molar-refractivity contribution in [2.75, 3.05) is 0 Å². The third-order valence-electron chi connectivity index (χ3n) is 3.80. The van der Waals surface area contributed by atoms with Gasteiger partial charge in [-0.3, -0.25) is 9.59 Å². The Kier molecular flexibility index (Phi) is 8.43. The van der Waals surface area contributed by atoms with Crippen LogP contribution in [0.2, 0.25) is 0 Å². The number of phenolic OH excluding ortho intramolecular Hbond substituents is 2. The van der Waals surface area contributed by atoms with Gasteiger partial charge in [0.25, 0.3) is 11.8 Å². The van der Waals surface area contributed by atoms with E-state index in [-0.39, 0.29) is 44.1 Å². The first-order valence-corrected chi connectivity index (χ1v) is 11.2. The number of halogens is 2. The summed E-state index contributed by atoms with van der Waals surface area (Å²) in [5.74, 6) is -3.19. The van der Waals surface area contributed by atoms with Crippen LogP contribution in [0.5, 0.6) is 11.5 Å². The molecule has 2 rings (SSSR count). The molecule has 2 atom stereocenters. The second kappa shape index (κ2) is 10.9. The van der Waals surface area contributed by atoms with Gasteiger partial charge in [0, 0.05) is 21.2 Å². The molecule has 12 nitrogen and oxygen atoms in total. The molecule has 0 saturated heterocycles. The van der Waals surface area contributed by atoms with Gasteiger partial charge < -0.3 is 20.8 Å². The van der Waals surface area contributed by atoms with Gasteiger partial charge in [0.05, 0.1) is 11.1 Å². The summed E-state index contributed by atoms with van der Waals surface area (Å²) in [6, 6.07) is 6.70. The number of alkyl halides is 2. The SMILES string of the molecule is CC(F)(NC(=O)c1ccc(N=[N+]=[N-])cc1O)SSC(C)(F)NC(=O)c1ccc(N=[N+]=[N-])cc1O. The van der Waals surface area contributed by atoms with Crippen LogP contribution in [0, 0.1) is 0 Å². The standard InChI is InChI=1S/C18H16F2N8O4S2/c1-17(19,23-15(31)11-5-3-9(25-27-21)7-13(11)29)33-34-18(2,20)24-16(32)12-6-4-10(26-28-22)8-14(12)30/h3-8,29-30H,1-2H3,(H,23,31)(H,24,32). The molecule has 0 aliphatic rings. The van der Waals surface area contributed by atoms with Crippen molar-refractivity contribution in [3.8, 4) is 11.5 Å². The van der Waals surface area contributed by atoms with E-state index in [4.69, 9.17) is 11.1 Å². The van der Waals surface area contributed by atoms with Crippen molar-refractivity contribution in [3.05, 3.63) is 68.4 Å². The summed E-state index contributed by atoms with van der Waals surface area (Å²) in [7, 11) is 0.477. The minimum absolute atomic E-state index is 0.0342. The van der Waals surface area contributed by atoms with E-state index in [0.29, 0.717) is 0 Å². The summed E-state index contributed by atoms with van der Waals surface area (Å²) in [4.78, 5) is 29.7. The zero-order chi connectivity index (χ0) is 25.5. The topological polar surface area (TPSA) is 196 Å². The summed E-state index contributed by atoms with van der Waals surface area (Å²) in [6.45, 7) is 1.85. The van der Waals surface area contributed by atoms with E-state index < -0.39 is 33.6 Å². The first kappa shape index (κ1) is 26.4. The Morgan fingerprint density at radius 2 is 1.21 bits per heavy atom. The third kappa shape index (κ3) is 7.35. The minimum atomic E-state index is -2.55. The Hall–Kier alpha value is -3.84. The van der Waals surface area contributed by atoms with Gasteiger partial charge in [0.1, 0.15) is 11.5 Å². The highest BCUT2D eigenvalue weighted by Gasteiger charge is 2.35. The van der Waals surface area contributed by atoms with Crippen molar-refractivity contribution in [3.63, 3.8) is 0 Å². The second-order valence-corrected chi connectivity index (χ2v) is 9.56. The molecule has 178 valence electrons. The number of phenols is 2. The lowest BCUT2D eigenvalue weighted by atomic mass is 10.1. The van der Waals surface area contributed by atoms with Gasteiger partial charge in [-0.1, -0.05) is 22.4 Å². The van der Waals surface area contributed by atoms with Crippen LogP contribution < -0.4 is 10.6 Å². The molecule has 2 aromatic rings. The monoisotopic (exact) mass is 510 g/mol. The lowest BCUT2D eigenvalue weighted by Gasteiger charge is -2.26. The lowest BCUT2D eigenvalue weighted by Crippen LogP contribution is -2.42. The van der Waals surface area contributed by atoms with Gasteiger partial charge in [-0.15, -0.1) is 0 Å². The van der Waals surface area contributed by atoms with Crippen LogP contribution in [-0.4, -0.2) is 32.3 Å². The summed E-state index contributed by atoms with van der Waals surface area (Å²) >= 11 is 0. The summed E-state index contributed by atoms with van der Waals surface area (Å²) < 4.78 is 29.7. The Morgan fingerprint density at radius 3 is 1.50 bits per heavy atom. The van der Waals surface area contributed by atoms with E-state index in [1.54, 1.807) is 0 Å². The smallest absolute Gasteiger partial charge is 0.258 e. The van der Waals surface area contributed by atoms with Crippen molar-refractivity contribution in [2.45, 2.75) is 24.1 Å². The predicted molar refractivity (Wildman–Crippen MR) is 123 cm³/mol. The van der Waals surface area contributed by atoms with Crippen LogP contribution in [0.3, 0.4) is 0 Å². The van der Waals surface area contributed by atoms with Crippen LogP contribution in [0.4, 0.5) is 20.2 Å². The van der Waals surface area contributed by atoms with E-state index in [0.717, 1.165) is 38.1 Å². The summed E-state index contributed by atoms with van der Waals surface area (Å²) in [5, 5.41) is 25.1. The number of aromatic hydroxyl groups is 2. The molecule has 0 spiro atoms. The van der Waals surface area contributed by atoms with Gasteiger partial charge in [0.15, 0.2) is 0 Å². The maximum Gasteiger partial charge on any atom is 0.258 e. The molecule has 0 saturated carbocycles. The highest BCUT2D eigenvalue weighted by Crippen LogP contribution is 2.43. The number of amides is 2. The quantitative estimate of drug-likeness (QED) is 0.0819. The number of carbonyl (C=O) groups excluding carboxylic acids is 2. The molecular weight excluding hydrogens is 494 g/mol. The average molecular weight is 511 g/mol. The minimum Gasteiger partial charge on any atom is -0.507 e. The predicted octanol–water partition coefficient (Wildman–Crippen LogP) is 5.81. The fraction of sp³-hybridized carbons (Fsp3) is 0.222. The van der Waals surface area contributed by atoms with Crippen LogP contribution >= 0.6 is 21.6 Å². The molecule has 16 heteroatoms. The molecule has 2 amide bonds. The van der Waals surface area contributed by atoms with E-state index in [1.807, 2.05) is 10.6 Å². The molecule has 4 N–H and O–H groups in total. The number of nitrogens with one attached hydrogen (secondary N) is 2. The van der Waals surface area contributed by atoms with Crippen molar-refractivity contribution in [2.24, 2.45) is 10.2 Å². The maximum atomic E-state index is 14.8. The number of carbonyl (C=O) groups is 2. The Labute approximate surface area is 198 Å². The maximum absolute atomic E-state index is 14.8. The van der Waals surface area contributed by atoms with Crippen LogP contribution in [0.25, 0.3) is 20.9 Å². The summed E-state index contributed by atoms with van der Waals surface area (Å²) in [5.41, 5.74) is 16.2. The van der Waals surface area contributed by atoms with Crippen LogP contribution in [-0.2, 0) is 0 Å². The molecular formula is C18H16F2N8O4S2. The number of nitrogens with zero attached hydrogens (tertiary/aromatic N) is 6. The van der Waals surface area contributed by atoms with E-state index in [1.165, 1.54) is 12.1 Å². The van der Waals surface area contributed by atoms with Crippen LogP contribution in [0.15, 0.2) is 46.6 Å². The molecule has 2 unspecified atom stereocenters. The Balaban J connectivity index is 2.02. The first-order valence-electron chi connectivity index (χ1n) is 9.03. The largest absolute Gasteiger partial charge is 0.507 e. The summed E-state index contributed by atoms with van der Waals surface area (Å²) in [6.07, 6.45) is 0. The molecule has 0 aliphatic heterocycles. The fourth-order valence-electron chi connectivity index (χ4n) is 2.39. The number of rotatable bonds is 9. The molecule has 0 aliphatic carbocycles. The van der Waals surface area contributed by atoms with Gasteiger partial charge >= 0.3 is 0 Å². The molecule has 2 aromatic carbocycles. The van der Waals surface area contributed by atoms with Crippen molar-refractivity contribution < 1.29 is 28.6 Å². The van der Waals surface area contributed by atoms with E-state index in [2.05, 4.69) is 20.1 Å². The highest BCUT2D eigenvalue weighted by molar-refractivity contribution is 8.77. The van der Waals surface area contributed by atoms with Gasteiger partial charge in [-0.2, -0.15) is 0 Å². The second-order valence-electron chi connectivity index (χ2n) is 6.69. The number of azide groups is 2. The van der Waals surface area contributed by atoms with Crippen molar-refractivity contribution in [1.29, 1.82) is 0 Å². The van der Waals surface area contributed by atoms with Gasteiger partial charge in [0.2, 0.25) is 10.2 Å². The first-order chi connectivity index (χ1) is 15.9. The fourth-order valence-corrected chi connectivity index (χ4v) is 4.16. The number of hydrogen-bond donors (Lipinski definition) is 4. The third-order valence-corrected chi connectivity index (χ3v) is 6.84. The lowest BCUT2D eigenvalue weighted by molar-refractivity contribution is 0.0867. The molecule has 0 heterocycles. The van der Waals surface area contributed by atoms with Gasteiger partial charge in [-0.05, 0) is 70.8 Å². The molecule has 0 aromatic heterocycles. The van der Waals surface area contributed by atoms with Gasteiger partial charge in [-0.25, -0.2) is 8.78 Å². The normalized spacial score (nSPS) is 13.9. The Morgan fingerprint density at radius 1 is 0.853 bits per heavy atom. The Bertz CT molecular complexity index is 1120. The molecule has 34 heavy (non-hydrogen) atoms. The van der Waals surface area contributed by atoms with Crippen molar-refractivity contribution in [1.82, 2.24) is 10.6 Å². The zero-order valence-corrected chi connectivity index (χ0v) is 19.1. The highest BCUT2D eigenvalue weighted by atomic mass is 33.1. The van der Waals surface area contributed by atoms with E-state index >= 15 is 0 Å². The molecule has 0 fully saturated rings. The number of benzene rings is 2.